The number of nitrogens with zero attached hydrogens (tertiary/aromatic N) is 2. The van der Waals surface area contributed by atoms with Crippen molar-refractivity contribution in [1.29, 1.82) is 5.26 Å². The first-order chi connectivity index (χ1) is 15.9. The summed E-state index contributed by atoms with van der Waals surface area (Å²) in [4.78, 5) is 26.6. The number of fused-ring (bicyclic) bond motifs is 1. The van der Waals surface area contributed by atoms with Gasteiger partial charge in [-0.2, -0.15) is 5.26 Å². The molecule has 4 rings (SSSR count). The predicted molar refractivity (Wildman–Crippen MR) is 130 cm³/mol. The molecule has 1 aliphatic heterocycles. The van der Waals surface area contributed by atoms with E-state index in [9.17, 15) is 14.9 Å². The van der Waals surface area contributed by atoms with Crippen LogP contribution in [0.3, 0.4) is 0 Å². The van der Waals surface area contributed by atoms with Gasteiger partial charge in [-0.25, -0.2) is 4.79 Å². The largest absolute Gasteiger partial charge is 0.463 e. The van der Waals surface area contributed by atoms with Gasteiger partial charge in [0, 0.05) is 0 Å². The maximum Gasteiger partial charge on any atom is 0.338 e. The van der Waals surface area contributed by atoms with Crippen LogP contribution in [0, 0.1) is 25.2 Å². The average molecular weight is 458 g/mol. The number of nitrogens with two attached hydrogens (primary N) is 1. The zero-order valence-corrected chi connectivity index (χ0v) is 19.4. The molecule has 0 spiro atoms. The zero-order chi connectivity index (χ0) is 23.7. The lowest BCUT2D eigenvalue weighted by molar-refractivity contribution is -0.136. The molecule has 166 valence electrons. The van der Waals surface area contributed by atoms with Gasteiger partial charge in [0.2, 0.25) is 0 Å². The molecule has 2 N–H and O–H groups in total. The van der Waals surface area contributed by atoms with Crippen molar-refractivity contribution >= 4 is 34.8 Å². The highest BCUT2D eigenvalue weighted by Crippen LogP contribution is 2.37. The van der Waals surface area contributed by atoms with Gasteiger partial charge < -0.3 is 10.5 Å². The number of hydrogen-bond acceptors (Lipinski definition) is 6. The molecule has 0 bridgehead atoms. The minimum atomic E-state index is -0.723. The van der Waals surface area contributed by atoms with Crippen LogP contribution < -0.4 is 20.5 Å². The zero-order valence-electron chi connectivity index (χ0n) is 18.6. The van der Waals surface area contributed by atoms with E-state index < -0.39 is 11.9 Å². The smallest absolute Gasteiger partial charge is 0.338 e. The van der Waals surface area contributed by atoms with Crippen LogP contribution in [0.2, 0.25) is 0 Å². The molecule has 1 atom stereocenters. The fraction of sp³-hybridized carbons (Fsp3) is 0.192. The van der Waals surface area contributed by atoms with Crippen LogP contribution >= 0.6 is 11.3 Å². The quantitative estimate of drug-likeness (QED) is 0.607. The number of rotatable bonds is 4. The Morgan fingerprint density at radius 3 is 2.48 bits per heavy atom. The van der Waals surface area contributed by atoms with Gasteiger partial charge in [0.25, 0.3) is 5.56 Å². The van der Waals surface area contributed by atoms with Crippen molar-refractivity contribution in [2.24, 2.45) is 5.73 Å². The standard InChI is InChI=1S/C26H23N3O3S/c1-4-32-26(31)22-21(18-12-8-6-10-16(18)3)19(14-27)23(28)29-24(30)20(33-25(22)29)13-17-11-7-5-9-15(17)2/h5-13,21H,4,28H2,1-3H3. The molecule has 1 aliphatic rings. The number of thiazole rings is 1. The van der Waals surface area contributed by atoms with E-state index >= 15 is 0 Å². The lowest BCUT2D eigenvalue weighted by atomic mass is 9.82. The highest BCUT2D eigenvalue weighted by atomic mass is 32.1. The molecule has 1 unspecified atom stereocenters. The molecule has 0 radical (unpaired) electrons. The van der Waals surface area contributed by atoms with E-state index in [2.05, 4.69) is 6.07 Å². The molecule has 0 aliphatic carbocycles. The number of aromatic nitrogens is 1. The summed E-state index contributed by atoms with van der Waals surface area (Å²) in [6, 6.07) is 17.4. The van der Waals surface area contributed by atoms with Gasteiger partial charge in [-0.05, 0) is 49.1 Å². The number of hydrogen-bond donors (Lipinski definition) is 1. The molecule has 1 aromatic heterocycles. The molecule has 0 amide bonds. The second kappa shape index (κ2) is 8.93. The van der Waals surface area contributed by atoms with Gasteiger partial charge in [-0.1, -0.05) is 48.5 Å². The number of carbonyl (C=O) groups excluding carboxylic acids is 1. The Hall–Kier alpha value is -3.89. The Morgan fingerprint density at radius 2 is 1.85 bits per heavy atom. The molecule has 0 fully saturated rings. The van der Waals surface area contributed by atoms with E-state index in [1.54, 1.807) is 13.0 Å². The first kappa shape index (κ1) is 22.3. The number of benzene rings is 2. The van der Waals surface area contributed by atoms with E-state index in [1.165, 1.54) is 15.9 Å². The third-order valence-corrected chi connectivity index (χ3v) is 6.85. The van der Waals surface area contributed by atoms with Gasteiger partial charge >= 0.3 is 5.97 Å². The van der Waals surface area contributed by atoms with Crippen LogP contribution in [0.15, 0.2) is 58.9 Å². The van der Waals surface area contributed by atoms with Crippen molar-refractivity contribution in [3.05, 3.63) is 95.9 Å². The lowest BCUT2D eigenvalue weighted by Gasteiger charge is -2.25. The van der Waals surface area contributed by atoms with Crippen LogP contribution in [-0.2, 0) is 9.53 Å². The van der Waals surface area contributed by atoms with Crippen LogP contribution in [0.4, 0.5) is 0 Å². The third kappa shape index (κ3) is 3.79. The van der Waals surface area contributed by atoms with Crippen molar-refractivity contribution in [2.45, 2.75) is 26.7 Å². The Kier molecular flexibility index (Phi) is 6.03. The number of carbonyl (C=O) groups is 1. The first-order valence-electron chi connectivity index (χ1n) is 10.5. The summed E-state index contributed by atoms with van der Waals surface area (Å²) in [6.07, 6.45) is 1.79. The summed E-state index contributed by atoms with van der Waals surface area (Å²) in [5.74, 6) is -1.25. The number of allylic oxidation sites excluding steroid dienone is 1. The molecular formula is C26H23N3O3S. The SMILES string of the molecule is CCOC(=O)C1=c2sc(=Cc3ccccc3C)c(=O)n2C(N)=C(C#N)C1c1ccccc1C. The summed E-state index contributed by atoms with van der Waals surface area (Å²) < 4.78 is 7.46. The van der Waals surface area contributed by atoms with E-state index in [0.717, 1.165) is 22.3 Å². The Balaban J connectivity index is 2.14. The fourth-order valence-electron chi connectivity index (χ4n) is 4.06. The van der Waals surface area contributed by atoms with Crippen molar-refractivity contribution in [2.75, 3.05) is 6.61 Å². The summed E-state index contributed by atoms with van der Waals surface area (Å²) in [7, 11) is 0. The Bertz CT molecular complexity index is 1520. The lowest BCUT2D eigenvalue weighted by Crippen LogP contribution is -2.40. The second-order valence-corrected chi connectivity index (χ2v) is 8.78. The molecule has 0 saturated heterocycles. The Morgan fingerprint density at radius 1 is 1.18 bits per heavy atom. The molecule has 3 aromatic rings. The van der Waals surface area contributed by atoms with Gasteiger partial charge in [0.05, 0.1) is 34.3 Å². The maximum atomic E-state index is 13.4. The normalized spacial score (nSPS) is 15.9. The van der Waals surface area contributed by atoms with Crippen LogP contribution in [0.5, 0.6) is 0 Å². The van der Waals surface area contributed by atoms with E-state index in [1.807, 2.05) is 62.4 Å². The molecule has 2 heterocycles. The van der Waals surface area contributed by atoms with Crippen LogP contribution in [-0.4, -0.2) is 17.1 Å². The number of nitriles is 1. The van der Waals surface area contributed by atoms with Crippen molar-refractivity contribution in [1.82, 2.24) is 4.57 Å². The van der Waals surface area contributed by atoms with Crippen molar-refractivity contribution < 1.29 is 9.53 Å². The molecule has 33 heavy (non-hydrogen) atoms. The summed E-state index contributed by atoms with van der Waals surface area (Å²) >= 11 is 1.18. The topological polar surface area (TPSA) is 98.1 Å². The van der Waals surface area contributed by atoms with Crippen molar-refractivity contribution in [3.63, 3.8) is 0 Å². The molecule has 2 aromatic carbocycles. The summed E-state index contributed by atoms with van der Waals surface area (Å²) in [6.45, 7) is 5.76. The van der Waals surface area contributed by atoms with Gasteiger partial charge in [-0.3, -0.25) is 9.36 Å². The Labute approximate surface area is 195 Å². The van der Waals surface area contributed by atoms with E-state index in [0.29, 0.717) is 9.20 Å². The van der Waals surface area contributed by atoms with Crippen LogP contribution in [0.1, 0.15) is 35.1 Å². The molecule has 6 nitrogen and oxygen atoms in total. The van der Waals surface area contributed by atoms with E-state index in [4.69, 9.17) is 10.5 Å². The molecular weight excluding hydrogens is 434 g/mol. The monoisotopic (exact) mass is 457 g/mol. The maximum absolute atomic E-state index is 13.4. The molecule has 7 heteroatoms. The summed E-state index contributed by atoms with van der Waals surface area (Å²) in [5.41, 5.74) is 10.0. The average Bonchev–Trinajstić information content (AvgIpc) is 3.11. The molecule has 0 saturated carbocycles. The highest BCUT2D eigenvalue weighted by Gasteiger charge is 2.36. The second-order valence-electron chi connectivity index (χ2n) is 7.75. The van der Waals surface area contributed by atoms with E-state index in [-0.39, 0.29) is 29.1 Å². The third-order valence-electron chi connectivity index (χ3n) is 5.74. The first-order valence-corrected chi connectivity index (χ1v) is 11.4. The fourth-order valence-corrected chi connectivity index (χ4v) is 5.22. The van der Waals surface area contributed by atoms with Crippen molar-refractivity contribution in [3.8, 4) is 6.07 Å². The number of aryl methyl sites for hydroxylation is 2. The van der Waals surface area contributed by atoms with Gasteiger partial charge in [-0.15, -0.1) is 11.3 Å². The minimum Gasteiger partial charge on any atom is -0.463 e. The predicted octanol–water partition coefficient (Wildman–Crippen LogP) is 2.52. The van der Waals surface area contributed by atoms with Gasteiger partial charge in [0.1, 0.15) is 10.5 Å². The number of ether oxygens (including phenoxy) is 1. The summed E-state index contributed by atoms with van der Waals surface area (Å²) in [5, 5.41) is 10.0. The van der Waals surface area contributed by atoms with Crippen LogP contribution in [0.25, 0.3) is 17.5 Å². The highest BCUT2D eigenvalue weighted by molar-refractivity contribution is 7.07. The van der Waals surface area contributed by atoms with Gasteiger partial charge in [0.15, 0.2) is 0 Å². The minimum absolute atomic E-state index is 0.0412. The number of esters is 1.